The third-order valence-corrected chi connectivity index (χ3v) is 12.6. The van der Waals surface area contributed by atoms with Crippen LogP contribution in [0.1, 0.15) is 0 Å². The lowest BCUT2D eigenvalue weighted by atomic mass is 9.94. The lowest BCUT2D eigenvalue weighted by Crippen LogP contribution is -2.01. The first kappa shape index (κ1) is 36.0. The van der Waals surface area contributed by atoms with E-state index in [1.54, 1.807) is 6.20 Å². The molecule has 4 heterocycles. The molecule has 298 valence electrons. The maximum atomic E-state index is 6.15. The zero-order valence-corrected chi connectivity index (χ0v) is 34.4. The third-order valence-electron chi connectivity index (χ3n) is 12.6. The van der Waals surface area contributed by atoms with Gasteiger partial charge in [0.1, 0.15) is 11.2 Å². The van der Waals surface area contributed by atoms with Crippen LogP contribution in [0.4, 0.5) is 0 Å². The van der Waals surface area contributed by atoms with Crippen molar-refractivity contribution in [3.05, 3.63) is 213 Å². The topological polar surface area (TPSA) is 69.6 Å². The quantitative estimate of drug-likeness (QED) is 0.167. The minimum absolute atomic E-state index is 0.578. The van der Waals surface area contributed by atoms with Crippen molar-refractivity contribution in [1.82, 2.24) is 24.5 Å². The zero-order chi connectivity index (χ0) is 42.1. The first-order valence-corrected chi connectivity index (χ1v) is 21.4. The van der Waals surface area contributed by atoms with Crippen LogP contribution >= 0.6 is 0 Å². The fourth-order valence-corrected chi connectivity index (χ4v) is 9.43. The fraction of sp³-hybridized carbons (Fsp3) is 0. The molecular formula is C58H35N5O. The van der Waals surface area contributed by atoms with E-state index in [1.807, 2.05) is 30.5 Å². The minimum atomic E-state index is 0.578. The van der Waals surface area contributed by atoms with Crippen LogP contribution in [0.2, 0.25) is 0 Å². The van der Waals surface area contributed by atoms with Gasteiger partial charge in [-0.25, -0.2) is 15.0 Å². The van der Waals surface area contributed by atoms with Gasteiger partial charge in [0.05, 0.1) is 11.0 Å². The average Bonchev–Trinajstić information content (AvgIpc) is 3.90. The fourth-order valence-electron chi connectivity index (χ4n) is 9.43. The first-order valence-electron chi connectivity index (χ1n) is 21.4. The Bertz CT molecular complexity index is 3940. The highest BCUT2D eigenvalue weighted by molar-refractivity contribution is 6.14. The van der Waals surface area contributed by atoms with Crippen LogP contribution < -0.4 is 0 Å². The molecule has 0 amide bonds. The monoisotopic (exact) mass is 817 g/mol. The second-order valence-corrected chi connectivity index (χ2v) is 16.3. The molecule has 0 aliphatic rings. The van der Waals surface area contributed by atoms with E-state index < -0.39 is 0 Å². The lowest BCUT2D eigenvalue weighted by molar-refractivity contribution is 0.668. The second kappa shape index (κ2) is 14.4. The molecule has 9 aromatic carbocycles. The number of fused-ring (bicyclic) bond motifs is 8. The summed E-state index contributed by atoms with van der Waals surface area (Å²) in [5.74, 6) is 1.78. The summed E-state index contributed by atoms with van der Waals surface area (Å²) >= 11 is 0. The number of rotatable bonds is 6. The summed E-state index contributed by atoms with van der Waals surface area (Å²) in [5, 5.41) is 9.09. The second-order valence-electron chi connectivity index (χ2n) is 16.3. The highest BCUT2D eigenvalue weighted by Crippen LogP contribution is 2.39. The van der Waals surface area contributed by atoms with Crippen LogP contribution in [0.25, 0.3) is 127 Å². The SMILES string of the molecule is c1ccc(-c2ccc(-c3nc(-c4ccc(-c5ccc(-n6c7ccccc7c7cc8ccccc8cc76)cc5)cc4)nc(-c4ccc5oc6ccncc6c5c4)n3)c3ccccc23)cc1. The van der Waals surface area contributed by atoms with Crippen molar-refractivity contribution in [3.8, 4) is 62.1 Å². The Morgan fingerprint density at radius 2 is 0.938 bits per heavy atom. The van der Waals surface area contributed by atoms with Crippen LogP contribution in [-0.4, -0.2) is 24.5 Å². The molecule has 4 aromatic heterocycles. The standard InChI is InChI=1S/C58H35N5O/c1-2-10-38(11-3-1)44-27-28-48(46-15-7-6-14-45(44)46)58-61-56(60-57(62-58)42-24-29-54-50(33-42)51-35-59-31-30-55(51)64-54)39-20-18-36(19-21-39)37-22-25-43(26-23-37)63-52-17-9-8-16-47(52)49-32-40-12-4-5-13-41(40)34-53(49)63/h1-35H. The van der Waals surface area contributed by atoms with Gasteiger partial charge in [-0.05, 0) is 104 Å². The summed E-state index contributed by atoms with van der Waals surface area (Å²) in [5.41, 5.74) is 12.3. The van der Waals surface area contributed by atoms with Crippen LogP contribution in [0, 0.1) is 0 Å². The average molecular weight is 818 g/mol. The van der Waals surface area contributed by atoms with E-state index in [0.29, 0.717) is 17.5 Å². The Kier molecular flexibility index (Phi) is 8.11. The van der Waals surface area contributed by atoms with Crippen molar-refractivity contribution >= 4 is 65.3 Å². The number of benzene rings is 9. The molecule has 0 saturated heterocycles. The molecule has 13 aromatic rings. The summed E-state index contributed by atoms with van der Waals surface area (Å²) in [4.78, 5) is 19.9. The largest absolute Gasteiger partial charge is 0.456 e. The van der Waals surface area contributed by atoms with Gasteiger partial charge in [0, 0.05) is 56.3 Å². The van der Waals surface area contributed by atoms with Crippen LogP contribution in [0.5, 0.6) is 0 Å². The molecule has 0 aliphatic carbocycles. The highest BCUT2D eigenvalue weighted by atomic mass is 16.3. The Hall–Kier alpha value is -8.74. The Labute approximate surface area is 367 Å². The molecule has 0 spiro atoms. The van der Waals surface area contributed by atoms with Gasteiger partial charge in [-0.2, -0.15) is 0 Å². The first-order chi connectivity index (χ1) is 31.7. The van der Waals surface area contributed by atoms with Crippen molar-refractivity contribution < 1.29 is 4.42 Å². The molecule has 0 unspecified atom stereocenters. The summed E-state index contributed by atoms with van der Waals surface area (Å²) in [6.45, 7) is 0. The minimum Gasteiger partial charge on any atom is -0.456 e. The van der Waals surface area contributed by atoms with E-state index in [2.05, 4.69) is 185 Å². The van der Waals surface area contributed by atoms with Crippen LogP contribution in [0.3, 0.4) is 0 Å². The summed E-state index contributed by atoms with van der Waals surface area (Å²) < 4.78 is 8.53. The molecule has 0 saturated carbocycles. The smallest absolute Gasteiger partial charge is 0.164 e. The molecule has 0 radical (unpaired) electrons. The van der Waals surface area contributed by atoms with E-state index in [-0.39, 0.29) is 0 Å². The molecule has 0 bridgehead atoms. The van der Waals surface area contributed by atoms with Crippen molar-refractivity contribution in [2.75, 3.05) is 0 Å². The predicted molar refractivity (Wildman–Crippen MR) is 261 cm³/mol. The van der Waals surface area contributed by atoms with Crippen LogP contribution in [0.15, 0.2) is 217 Å². The van der Waals surface area contributed by atoms with Crippen molar-refractivity contribution in [2.24, 2.45) is 0 Å². The van der Waals surface area contributed by atoms with E-state index >= 15 is 0 Å². The summed E-state index contributed by atoms with van der Waals surface area (Å²) in [6.07, 6.45) is 3.59. The maximum absolute atomic E-state index is 6.15. The predicted octanol–water partition coefficient (Wildman–Crippen LogP) is 14.9. The molecule has 0 N–H and O–H groups in total. The summed E-state index contributed by atoms with van der Waals surface area (Å²) in [6, 6.07) is 70.6. The van der Waals surface area contributed by atoms with Crippen molar-refractivity contribution in [3.63, 3.8) is 0 Å². The van der Waals surface area contributed by atoms with Gasteiger partial charge in [0.2, 0.25) is 0 Å². The zero-order valence-electron chi connectivity index (χ0n) is 34.4. The van der Waals surface area contributed by atoms with Gasteiger partial charge < -0.3 is 8.98 Å². The number of aromatic nitrogens is 5. The van der Waals surface area contributed by atoms with Crippen molar-refractivity contribution in [2.45, 2.75) is 0 Å². The number of pyridine rings is 1. The third kappa shape index (κ3) is 5.88. The van der Waals surface area contributed by atoms with Crippen LogP contribution in [-0.2, 0) is 0 Å². The van der Waals surface area contributed by atoms with E-state index in [4.69, 9.17) is 19.4 Å². The van der Waals surface area contributed by atoms with Gasteiger partial charge in [0.25, 0.3) is 0 Å². The molecule has 0 fully saturated rings. The van der Waals surface area contributed by atoms with Gasteiger partial charge in [-0.1, -0.05) is 140 Å². The van der Waals surface area contributed by atoms with Gasteiger partial charge in [-0.15, -0.1) is 0 Å². The van der Waals surface area contributed by atoms with E-state index in [1.165, 1.54) is 32.6 Å². The Morgan fingerprint density at radius 1 is 0.344 bits per heavy atom. The molecule has 13 rings (SSSR count). The van der Waals surface area contributed by atoms with E-state index in [0.717, 1.165) is 77.3 Å². The lowest BCUT2D eigenvalue weighted by Gasteiger charge is -2.13. The molecule has 0 aliphatic heterocycles. The number of hydrogen-bond acceptors (Lipinski definition) is 5. The number of hydrogen-bond donors (Lipinski definition) is 0. The number of para-hydroxylation sites is 1. The number of nitrogens with zero attached hydrogens (tertiary/aromatic N) is 5. The molecule has 6 nitrogen and oxygen atoms in total. The Balaban J connectivity index is 0.909. The van der Waals surface area contributed by atoms with Gasteiger partial charge in [-0.3, -0.25) is 4.98 Å². The maximum Gasteiger partial charge on any atom is 0.164 e. The number of furan rings is 1. The van der Waals surface area contributed by atoms with Gasteiger partial charge in [0.15, 0.2) is 17.5 Å². The molecule has 64 heavy (non-hydrogen) atoms. The normalized spacial score (nSPS) is 11.8. The van der Waals surface area contributed by atoms with E-state index in [9.17, 15) is 0 Å². The van der Waals surface area contributed by atoms with Gasteiger partial charge >= 0.3 is 0 Å². The Morgan fingerprint density at radius 3 is 1.73 bits per heavy atom. The summed E-state index contributed by atoms with van der Waals surface area (Å²) in [7, 11) is 0. The van der Waals surface area contributed by atoms with Crippen molar-refractivity contribution in [1.29, 1.82) is 0 Å². The molecule has 0 atom stereocenters. The highest BCUT2D eigenvalue weighted by Gasteiger charge is 2.18. The molecule has 6 heteroatoms. The molecular weight excluding hydrogens is 783 g/mol.